The third kappa shape index (κ3) is 4.53. The van der Waals surface area contributed by atoms with Crippen LogP contribution in [0.2, 0.25) is 0 Å². The molecule has 0 heterocycles. The van der Waals surface area contributed by atoms with Crippen LogP contribution in [0.5, 0.6) is 0 Å². The van der Waals surface area contributed by atoms with Crippen molar-refractivity contribution in [3.63, 3.8) is 0 Å². The molecule has 152 valence electrons. The number of fused-ring (bicyclic) bond motifs is 1. The quantitative estimate of drug-likeness (QED) is 0.422. The summed E-state index contributed by atoms with van der Waals surface area (Å²) in [5, 5.41) is 0. The second-order valence-corrected chi connectivity index (χ2v) is 9.22. The standard InChI is InChI=1S/C27H32O2/c1-7-29-25(28)14-11-20-9-8-10-21(17-20)19(2)22-12-13-23-24(18-22)27(5,6)16-15-26(23,3)4/h8-14,17-18H,2,7,15-16H2,1,3-6H3. The van der Waals surface area contributed by atoms with Crippen molar-refractivity contribution in [1.82, 2.24) is 0 Å². The molecule has 29 heavy (non-hydrogen) atoms. The van der Waals surface area contributed by atoms with Crippen LogP contribution in [0.4, 0.5) is 0 Å². The Kier molecular flexibility index (Phi) is 5.84. The van der Waals surface area contributed by atoms with E-state index in [-0.39, 0.29) is 16.8 Å². The highest BCUT2D eigenvalue weighted by Crippen LogP contribution is 2.46. The van der Waals surface area contributed by atoms with Gasteiger partial charge in [0.2, 0.25) is 0 Å². The van der Waals surface area contributed by atoms with Gasteiger partial charge in [-0.15, -0.1) is 0 Å². The van der Waals surface area contributed by atoms with E-state index in [1.54, 1.807) is 13.0 Å². The maximum Gasteiger partial charge on any atom is 0.330 e. The highest BCUT2D eigenvalue weighted by atomic mass is 16.5. The van der Waals surface area contributed by atoms with Crippen molar-refractivity contribution >= 4 is 17.6 Å². The minimum atomic E-state index is -0.323. The molecule has 2 heteroatoms. The van der Waals surface area contributed by atoms with Gasteiger partial charge in [-0.3, -0.25) is 0 Å². The first-order valence-corrected chi connectivity index (χ1v) is 10.4. The molecule has 0 saturated carbocycles. The molecule has 0 bridgehead atoms. The molecule has 0 N–H and O–H groups in total. The number of rotatable bonds is 5. The lowest BCUT2D eigenvalue weighted by atomic mass is 9.63. The smallest absolute Gasteiger partial charge is 0.330 e. The van der Waals surface area contributed by atoms with E-state index in [2.05, 4.69) is 64.6 Å². The molecular weight excluding hydrogens is 356 g/mol. The Morgan fingerprint density at radius 3 is 2.34 bits per heavy atom. The minimum absolute atomic E-state index is 0.172. The monoisotopic (exact) mass is 388 g/mol. The molecular formula is C27H32O2. The molecule has 2 aromatic carbocycles. The Morgan fingerprint density at radius 1 is 1.00 bits per heavy atom. The van der Waals surface area contributed by atoms with Crippen LogP contribution in [0.1, 0.15) is 75.3 Å². The predicted octanol–water partition coefficient (Wildman–Crippen LogP) is 6.67. The lowest BCUT2D eigenvalue weighted by Crippen LogP contribution is -2.33. The number of esters is 1. The van der Waals surface area contributed by atoms with Gasteiger partial charge >= 0.3 is 5.97 Å². The largest absolute Gasteiger partial charge is 0.463 e. The van der Waals surface area contributed by atoms with Crippen molar-refractivity contribution in [3.05, 3.63) is 82.9 Å². The van der Waals surface area contributed by atoms with E-state index in [1.165, 1.54) is 30.0 Å². The Morgan fingerprint density at radius 2 is 1.66 bits per heavy atom. The lowest BCUT2D eigenvalue weighted by Gasteiger charge is -2.42. The van der Waals surface area contributed by atoms with Crippen LogP contribution in [0.15, 0.2) is 55.1 Å². The summed E-state index contributed by atoms with van der Waals surface area (Å²) in [5.74, 6) is -0.323. The van der Waals surface area contributed by atoms with Gasteiger partial charge < -0.3 is 4.74 Å². The van der Waals surface area contributed by atoms with E-state index >= 15 is 0 Å². The van der Waals surface area contributed by atoms with E-state index in [0.717, 1.165) is 22.3 Å². The average molecular weight is 389 g/mol. The summed E-state index contributed by atoms with van der Waals surface area (Å²) < 4.78 is 4.96. The van der Waals surface area contributed by atoms with E-state index in [9.17, 15) is 4.79 Å². The summed E-state index contributed by atoms with van der Waals surface area (Å²) in [6.45, 7) is 15.9. The fraction of sp³-hybridized carbons (Fsp3) is 0.370. The van der Waals surface area contributed by atoms with Crippen molar-refractivity contribution in [2.45, 2.75) is 58.3 Å². The van der Waals surface area contributed by atoms with Gasteiger partial charge in [-0.2, -0.15) is 0 Å². The summed E-state index contributed by atoms with van der Waals surface area (Å²) in [5.41, 5.74) is 7.44. The minimum Gasteiger partial charge on any atom is -0.463 e. The molecule has 3 rings (SSSR count). The van der Waals surface area contributed by atoms with E-state index in [1.807, 2.05) is 12.1 Å². The number of carbonyl (C=O) groups excluding carboxylic acids is 1. The molecule has 0 unspecified atom stereocenters. The van der Waals surface area contributed by atoms with Crippen molar-refractivity contribution in [2.75, 3.05) is 6.61 Å². The Labute approximate surface area is 175 Å². The predicted molar refractivity (Wildman–Crippen MR) is 122 cm³/mol. The van der Waals surface area contributed by atoms with Crippen LogP contribution in [-0.2, 0) is 20.4 Å². The zero-order valence-corrected chi connectivity index (χ0v) is 18.3. The zero-order chi connectivity index (χ0) is 21.2. The highest BCUT2D eigenvalue weighted by Gasteiger charge is 2.37. The molecule has 1 aliphatic rings. The summed E-state index contributed by atoms with van der Waals surface area (Å²) in [4.78, 5) is 11.6. The van der Waals surface area contributed by atoms with Gasteiger partial charge in [-0.05, 0) is 76.1 Å². The van der Waals surface area contributed by atoms with Crippen LogP contribution in [0.3, 0.4) is 0 Å². The Hall–Kier alpha value is -2.61. The summed E-state index contributed by atoms with van der Waals surface area (Å²) >= 11 is 0. The number of hydrogen-bond acceptors (Lipinski definition) is 2. The van der Waals surface area contributed by atoms with Gasteiger partial charge in [0.1, 0.15) is 0 Å². The third-order valence-corrected chi connectivity index (χ3v) is 6.13. The summed E-state index contributed by atoms with van der Waals surface area (Å²) in [7, 11) is 0. The Balaban J connectivity index is 1.92. The van der Waals surface area contributed by atoms with Gasteiger partial charge in [0.25, 0.3) is 0 Å². The summed E-state index contributed by atoms with van der Waals surface area (Å²) in [6, 6.07) is 14.9. The van der Waals surface area contributed by atoms with Crippen LogP contribution in [0, 0.1) is 0 Å². The van der Waals surface area contributed by atoms with Crippen molar-refractivity contribution < 1.29 is 9.53 Å². The first kappa shape index (κ1) is 21.1. The van der Waals surface area contributed by atoms with Crippen LogP contribution >= 0.6 is 0 Å². The average Bonchev–Trinajstić information content (AvgIpc) is 2.70. The van der Waals surface area contributed by atoms with E-state index in [0.29, 0.717) is 6.61 Å². The number of ether oxygens (including phenoxy) is 1. The van der Waals surface area contributed by atoms with Crippen molar-refractivity contribution in [1.29, 1.82) is 0 Å². The molecule has 0 radical (unpaired) electrons. The van der Waals surface area contributed by atoms with Crippen LogP contribution in [0.25, 0.3) is 11.6 Å². The highest BCUT2D eigenvalue weighted by molar-refractivity contribution is 5.87. The number of benzene rings is 2. The SMILES string of the molecule is C=C(c1cccc(C=CC(=O)OCC)c1)c1ccc2c(c1)C(C)(C)CCC2(C)C. The molecule has 0 amide bonds. The fourth-order valence-electron chi connectivity index (χ4n) is 4.13. The van der Waals surface area contributed by atoms with Gasteiger partial charge in [0, 0.05) is 6.08 Å². The molecule has 2 aromatic rings. The lowest BCUT2D eigenvalue weighted by molar-refractivity contribution is -0.137. The first-order valence-electron chi connectivity index (χ1n) is 10.4. The molecule has 0 fully saturated rings. The van der Waals surface area contributed by atoms with E-state index < -0.39 is 0 Å². The number of hydrogen-bond donors (Lipinski definition) is 0. The van der Waals surface area contributed by atoms with Crippen LogP contribution < -0.4 is 0 Å². The second kappa shape index (κ2) is 8.02. The van der Waals surface area contributed by atoms with Gasteiger partial charge in [-0.1, -0.05) is 70.7 Å². The first-order chi connectivity index (χ1) is 13.6. The van der Waals surface area contributed by atoms with Gasteiger partial charge in [0.05, 0.1) is 6.61 Å². The normalized spacial score (nSPS) is 17.0. The zero-order valence-electron chi connectivity index (χ0n) is 18.3. The van der Waals surface area contributed by atoms with Crippen molar-refractivity contribution in [3.8, 4) is 0 Å². The van der Waals surface area contributed by atoms with E-state index in [4.69, 9.17) is 4.74 Å². The number of carbonyl (C=O) groups is 1. The molecule has 2 nitrogen and oxygen atoms in total. The molecule has 1 aliphatic carbocycles. The molecule has 0 spiro atoms. The van der Waals surface area contributed by atoms with Gasteiger partial charge in [-0.25, -0.2) is 4.79 Å². The molecule has 0 aromatic heterocycles. The maximum atomic E-state index is 11.6. The maximum absolute atomic E-state index is 11.6. The fourth-order valence-corrected chi connectivity index (χ4v) is 4.13. The van der Waals surface area contributed by atoms with Gasteiger partial charge in [0.15, 0.2) is 0 Å². The topological polar surface area (TPSA) is 26.3 Å². The van der Waals surface area contributed by atoms with Crippen LogP contribution in [-0.4, -0.2) is 12.6 Å². The second-order valence-electron chi connectivity index (χ2n) is 9.22. The molecule has 0 atom stereocenters. The van der Waals surface area contributed by atoms with Crippen molar-refractivity contribution in [2.24, 2.45) is 0 Å². The summed E-state index contributed by atoms with van der Waals surface area (Å²) in [6.07, 6.45) is 5.65. The molecule has 0 aliphatic heterocycles. The Bertz CT molecular complexity index is 960. The third-order valence-electron chi connectivity index (χ3n) is 6.13. The molecule has 0 saturated heterocycles.